The van der Waals surface area contributed by atoms with E-state index in [4.69, 9.17) is 4.74 Å². The molecule has 1 aliphatic rings. The molecule has 3 amide bonds. The van der Waals surface area contributed by atoms with Crippen molar-refractivity contribution in [1.82, 2.24) is 0 Å². The first kappa shape index (κ1) is 19.0. The van der Waals surface area contributed by atoms with Gasteiger partial charge in [0.2, 0.25) is 0 Å². The Morgan fingerprint density at radius 1 is 0.964 bits per heavy atom. The Bertz CT molecular complexity index is 971. The predicted molar refractivity (Wildman–Crippen MR) is 103 cm³/mol. The van der Waals surface area contributed by atoms with E-state index in [1.807, 2.05) is 32.0 Å². The van der Waals surface area contributed by atoms with Gasteiger partial charge in [0.25, 0.3) is 17.7 Å². The van der Waals surface area contributed by atoms with Crippen LogP contribution in [0.5, 0.6) is 0 Å². The summed E-state index contributed by atoms with van der Waals surface area (Å²) in [6.45, 7) is 3.28. The summed E-state index contributed by atoms with van der Waals surface area (Å²) in [6, 6.07) is 11.5. The fraction of sp³-hybridized carbons (Fsp3) is 0.143. The molecular formula is C21H18N2O5. The summed E-state index contributed by atoms with van der Waals surface area (Å²) in [5.74, 6) is -2.16. The quantitative estimate of drug-likeness (QED) is 0.638. The van der Waals surface area contributed by atoms with Gasteiger partial charge in [-0.3, -0.25) is 14.4 Å². The van der Waals surface area contributed by atoms with Gasteiger partial charge in [-0.1, -0.05) is 24.3 Å². The van der Waals surface area contributed by atoms with Gasteiger partial charge in [0.1, 0.15) is 0 Å². The number of carbonyl (C=O) groups is 4. The lowest BCUT2D eigenvalue weighted by atomic mass is 10.1. The number of aryl methyl sites for hydroxylation is 2. The molecule has 0 aliphatic carbocycles. The van der Waals surface area contributed by atoms with Gasteiger partial charge in [-0.15, -0.1) is 0 Å². The molecule has 2 aromatic carbocycles. The van der Waals surface area contributed by atoms with Crippen LogP contribution in [0.15, 0.2) is 54.6 Å². The molecule has 142 valence electrons. The summed E-state index contributed by atoms with van der Waals surface area (Å²) in [5.41, 5.74) is 2.88. The molecular weight excluding hydrogens is 360 g/mol. The molecule has 0 spiro atoms. The Morgan fingerprint density at radius 2 is 1.57 bits per heavy atom. The third-order valence-electron chi connectivity index (χ3n) is 4.23. The molecule has 3 rings (SSSR count). The largest absolute Gasteiger partial charge is 0.452 e. The van der Waals surface area contributed by atoms with Gasteiger partial charge in [0.15, 0.2) is 6.61 Å². The van der Waals surface area contributed by atoms with Crippen LogP contribution in [0.1, 0.15) is 21.5 Å². The average molecular weight is 378 g/mol. The monoisotopic (exact) mass is 378 g/mol. The van der Waals surface area contributed by atoms with Crippen LogP contribution in [0.2, 0.25) is 0 Å². The van der Waals surface area contributed by atoms with Crippen molar-refractivity contribution in [2.45, 2.75) is 13.8 Å². The van der Waals surface area contributed by atoms with Crippen LogP contribution in [0, 0.1) is 13.8 Å². The second kappa shape index (κ2) is 7.87. The van der Waals surface area contributed by atoms with E-state index in [-0.39, 0.29) is 11.3 Å². The van der Waals surface area contributed by atoms with Gasteiger partial charge >= 0.3 is 5.97 Å². The smallest absolute Gasteiger partial charge is 0.338 e. The topological polar surface area (TPSA) is 92.8 Å². The van der Waals surface area contributed by atoms with Crippen molar-refractivity contribution in [3.05, 3.63) is 71.3 Å². The first-order valence-electron chi connectivity index (χ1n) is 8.56. The normalized spacial score (nSPS) is 13.0. The van der Waals surface area contributed by atoms with Crippen molar-refractivity contribution < 1.29 is 23.9 Å². The molecule has 0 atom stereocenters. The summed E-state index contributed by atoms with van der Waals surface area (Å²) < 4.78 is 5.06. The van der Waals surface area contributed by atoms with Crippen LogP contribution in [0.3, 0.4) is 0 Å². The molecule has 0 saturated carbocycles. The number of esters is 1. The molecule has 7 nitrogen and oxygen atoms in total. The van der Waals surface area contributed by atoms with E-state index in [0.717, 1.165) is 28.2 Å². The Kier molecular flexibility index (Phi) is 5.35. The highest BCUT2D eigenvalue weighted by Gasteiger charge is 2.25. The van der Waals surface area contributed by atoms with Crippen LogP contribution in [-0.2, 0) is 19.1 Å². The van der Waals surface area contributed by atoms with Gasteiger partial charge in [-0.05, 0) is 43.2 Å². The lowest BCUT2D eigenvalue weighted by Gasteiger charge is -2.15. The number of carbonyl (C=O) groups excluding carboxylic acids is 4. The van der Waals surface area contributed by atoms with E-state index in [1.54, 1.807) is 0 Å². The summed E-state index contributed by atoms with van der Waals surface area (Å²) in [5, 5.41) is 2.73. The maximum atomic E-state index is 12.3. The second-order valence-electron chi connectivity index (χ2n) is 6.29. The third kappa shape index (κ3) is 3.98. The van der Waals surface area contributed by atoms with Gasteiger partial charge < -0.3 is 10.1 Å². The number of hydrogen-bond acceptors (Lipinski definition) is 5. The van der Waals surface area contributed by atoms with Crippen molar-refractivity contribution in [1.29, 1.82) is 0 Å². The molecule has 1 N–H and O–H groups in total. The van der Waals surface area contributed by atoms with Gasteiger partial charge in [-0.25, -0.2) is 9.69 Å². The minimum atomic E-state index is -0.731. The maximum Gasteiger partial charge on any atom is 0.338 e. The summed E-state index contributed by atoms with van der Waals surface area (Å²) >= 11 is 0. The zero-order valence-corrected chi connectivity index (χ0v) is 15.4. The molecule has 1 aliphatic heterocycles. The van der Waals surface area contributed by atoms with Crippen LogP contribution in [-0.4, -0.2) is 30.3 Å². The molecule has 0 radical (unpaired) electrons. The van der Waals surface area contributed by atoms with Crippen molar-refractivity contribution >= 4 is 35.1 Å². The predicted octanol–water partition coefficient (Wildman–Crippen LogP) is 2.53. The highest BCUT2D eigenvalue weighted by Crippen LogP contribution is 2.21. The fourth-order valence-corrected chi connectivity index (χ4v) is 2.83. The molecule has 0 bridgehead atoms. The van der Waals surface area contributed by atoms with Crippen molar-refractivity contribution in [2.24, 2.45) is 0 Å². The zero-order chi connectivity index (χ0) is 20.3. The molecule has 1 heterocycles. The average Bonchev–Trinajstić information content (AvgIpc) is 3.01. The van der Waals surface area contributed by atoms with E-state index in [1.165, 1.54) is 24.3 Å². The zero-order valence-electron chi connectivity index (χ0n) is 15.4. The minimum Gasteiger partial charge on any atom is -0.452 e. The third-order valence-corrected chi connectivity index (χ3v) is 4.23. The molecule has 0 fully saturated rings. The number of nitrogens with one attached hydrogen (secondary N) is 1. The molecule has 2 aromatic rings. The van der Waals surface area contributed by atoms with Crippen molar-refractivity contribution in [2.75, 3.05) is 16.8 Å². The van der Waals surface area contributed by atoms with E-state index >= 15 is 0 Å². The van der Waals surface area contributed by atoms with Gasteiger partial charge in [0, 0.05) is 17.8 Å². The first-order valence-corrected chi connectivity index (χ1v) is 8.56. The molecule has 28 heavy (non-hydrogen) atoms. The summed E-state index contributed by atoms with van der Waals surface area (Å²) in [7, 11) is 0. The molecule has 0 saturated heterocycles. The Hall–Kier alpha value is -3.74. The Morgan fingerprint density at radius 3 is 2.21 bits per heavy atom. The van der Waals surface area contributed by atoms with E-state index < -0.39 is 30.3 Å². The van der Waals surface area contributed by atoms with Crippen molar-refractivity contribution in [3.8, 4) is 0 Å². The fourth-order valence-electron chi connectivity index (χ4n) is 2.83. The second-order valence-corrected chi connectivity index (χ2v) is 6.29. The van der Waals surface area contributed by atoms with E-state index in [2.05, 4.69) is 5.32 Å². The summed E-state index contributed by atoms with van der Waals surface area (Å²) in [6.07, 6.45) is 2.32. The minimum absolute atomic E-state index is 0.130. The molecule has 7 heteroatoms. The number of nitrogens with zero attached hydrogens (tertiary/aromatic N) is 1. The molecule has 0 unspecified atom stereocenters. The lowest BCUT2D eigenvalue weighted by molar-refractivity contribution is -0.120. The van der Waals surface area contributed by atoms with E-state index in [9.17, 15) is 19.2 Å². The van der Waals surface area contributed by atoms with Gasteiger partial charge in [0.05, 0.1) is 11.3 Å². The van der Waals surface area contributed by atoms with Crippen LogP contribution in [0.25, 0.3) is 0 Å². The number of rotatable bonds is 5. The number of imide groups is 1. The highest BCUT2D eigenvalue weighted by molar-refractivity contribution is 6.28. The Balaban J connectivity index is 1.64. The number of para-hydroxylation sites is 1. The summed E-state index contributed by atoms with van der Waals surface area (Å²) in [4.78, 5) is 48.8. The first-order chi connectivity index (χ1) is 13.4. The van der Waals surface area contributed by atoms with Crippen LogP contribution >= 0.6 is 0 Å². The van der Waals surface area contributed by atoms with Gasteiger partial charge in [-0.2, -0.15) is 0 Å². The number of anilines is 2. The number of benzene rings is 2. The van der Waals surface area contributed by atoms with Crippen LogP contribution in [0.4, 0.5) is 11.4 Å². The highest BCUT2D eigenvalue weighted by atomic mass is 16.5. The standard InChI is InChI=1S/C21H18N2O5/c1-13-5-3-6-14(2)20(13)22-17(24)12-28-21(27)15-7-4-8-16(11-15)23-18(25)9-10-19(23)26/h3-11H,12H2,1-2H3,(H,22,24). The SMILES string of the molecule is Cc1cccc(C)c1NC(=O)COC(=O)c1cccc(N2C(=O)C=CC2=O)c1. The Labute approximate surface area is 161 Å². The van der Waals surface area contributed by atoms with Crippen molar-refractivity contribution in [3.63, 3.8) is 0 Å². The molecule has 0 aromatic heterocycles. The number of amides is 3. The lowest BCUT2D eigenvalue weighted by Crippen LogP contribution is -2.29. The number of hydrogen-bond donors (Lipinski definition) is 1. The van der Waals surface area contributed by atoms with E-state index in [0.29, 0.717) is 5.69 Å². The van der Waals surface area contributed by atoms with Crippen LogP contribution < -0.4 is 10.2 Å². The number of ether oxygens (including phenoxy) is 1. The maximum absolute atomic E-state index is 12.3.